The first-order chi connectivity index (χ1) is 15.4. The van der Waals surface area contributed by atoms with Crippen molar-refractivity contribution in [2.24, 2.45) is 10.8 Å². The van der Waals surface area contributed by atoms with Gasteiger partial charge in [-0.25, -0.2) is 9.37 Å². The standard InChI is InChI=1S/C23H28FN7O/c1-12-18-9-15(24)3-6-17(18)21(26)19(31-28-2)7-13(10-25)22(30-16-4-5-16)14-8-20(32-12)23(27)29-11-14/h3,6,8-9,11-12,16,26,28,30H,4-5,7,10,25H2,1-2H3,(H2,27,29)/b22-13-,26-21?,31-19-. The van der Waals surface area contributed by atoms with Crippen LogP contribution < -0.4 is 26.9 Å². The molecular formula is C23H28FN7O. The van der Waals surface area contributed by atoms with Gasteiger partial charge in [0.2, 0.25) is 0 Å². The summed E-state index contributed by atoms with van der Waals surface area (Å²) in [6.07, 6.45) is 3.62. The molecular weight excluding hydrogens is 409 g/mol. The maximum absolute atomic E-state index is 14.2. The second-order valence-electron chi connectivity index (χ2n) is 8.03. The molecule has 2 bridgehead atoms. The molecule has 0 spiro atoms. The molecule has 8 nitrogen and oxygen atoms in total. The minimum absolute atomic E-state index is 0.178. The smallest absolute Gasteiger partial charge is 0.166 e. The van der Waals surface area contributed by atoms with Crippen LogP contribution in [0.5, 0.6) is 5.75 Å². The van der Waals surface area contributed by atoms with Crippen molar-refractivity contribution in [1.29, 1.82) is 5.41 Å². The average Bonchev–Trinajstić information content (AvgIpc) is 3.60. The summed E-state index contributed by atoms with van der Waals surface area (Å²) in [6.45, 7) is 2.06. The Morgan fingerprint density at radius 2 is 2.09 bits per heavy atom. The largest absolute Gasteiger partial charge is 0.482 e. The Morgan fingerprint density at radius 1 is 1.31 bits per heavy atom. The van der Waals surface area contributed by atoms with Crippen molar-refractivity contribution >= 4 is 22.9 Å². The highest BCUT2D eigenvalue weighted by atomic mass is 19.1. The Kier molecular flexibility index (Phi) is 6.09. The van der Waals surface area contributed by atoms with Gasteiger partial charge < -0.3 is 26.9 Å². The number of nitrogen functional groups attached to an aromatic ring is 1. The fraction of sp³-hybridized carbons (Fsp3) is 0.348. The van der Waals surface area contributed by atoms with Gasteiger partial charge in [-0.3, -0.25) is 5.41 Å². The number of nitrogens with one attached hydrogen (secondary N) is 3. The van der Waals surface area contributed by atoms with E-state index in [0.717, 1.165) is 29.7 Å². The van der Waals surface area contributed by atoms with Gasteiger partial charge >= 0.3 is 0 Å². The van der Waals surface area contributed by atoms with Gasteiger partial charge in [0.1, 0.15) is 11.9 Å². The van der Waals surface area contributed by atoms with Crippen LogP contribution in [0.4, 0.5) is 10.2 Å². The molecule has 9 heteroatoms. The lowest BCUT2D eigenvalue weighted by molar-refractivity contribution is 0.227. The second-order valence-corrected chi connectivity index (χ2v) is 8.03. The van der Waals surface area contributed by atoms with E-state index in [-0.39, 0.29) is 18.1 Å². The summed E-state index contributed by atoms with van der Waals surface area (Å²) in [7, 11) is 1.68. The highest BCUT2D eigenvalue weighted by Gasteiger charge is 2.27. The molecule has 168 valence electrons. The molecule has 1 atom stereocenters. The number of halogens is 1. The fourth-order valence-corrected chi connectivity index (χ4v) is 3.80. The number of ether oxygens (including phenoxy) is 1. The molecule has 1 fully saturated rings. The third kappa shape index (κ3) is 4.43. The van der Waals surface area contributed by atoms with Crippen molar-refractivity contribution in [1.82, 2.24) is 15.7 Å². The number of hydrogen-bond donors (Lipinski definition) is 5. The van der Waals surface area contributed by atoms with Gasteiger partial charge in [-0.05, 0) is 49.6 Å². The molecule has 0 saturated heterocycles. The third-order valence-corrected chi connectivity index (χ3v) is 5.64. The zero-order valence-electron chi connectivity index (χ0n) is 18.2. The van der Waals surface area contributed by atoms with Gasteiger partial charge in [0, 0.05) is 54.6 Å². The first-order valence-corrected chi connectivity index (χ1v) is 10.6. The van der Waals surface area contributed by atoms with Gasteiger partial charge in [-0.1, -0.05) is 0 Å². The van der Waals surface area contributed by atoms with Crippen LogP contribution in [0, 0.1) is 11.2 Å². The lowest BCUT2D eigenvalue weighted by Gasteiger charge is -2.24. The Morgan fingerprint density at radius 3 is 2.78 bits per heavy atom. The first kappa shape index (κ1) is 21.8. The maximum atomic E-state index is 14.2. The quantitative estimate of drug-likeness (QED) is 0.467. The van der Waals surface area contributed by atoms with E-state index in [0.29, 0.717) is 35.1 Å². The van der Waals surface area contributed by atoms with E-state index < -0.39 is 11.9 Å². The van der Waals surface area contributed by atoms with E-state index in [2.05, 4.69) is 20.8 Å². The van der Waals surface area contributed by atoms with Crippen LogP contribution in [0.3, 0.4) is 0 Å². The number of fused-ring (bicyclic) bond motifs is 3. The minimum atomic E-state index is -0.575. The molecule has 1 aliphatic heterocycles. The highest BCUT2D eigenvalue weighted by Crippen LogP contribution is 2.34. The predicted molar refractivity (Wildman–Crippen MR) is 124 cm³/mol. The molecule has 0 amide bonds. The van der Waals surface area contributed by atoms with Gasteiger partial charge in [0.05, 0.1) is 11.4 Å². The molecule has 1 aliphatic carbocycles. The van der Waals surface area contributed by atoms with Gasteiger partial charge in [0.15, 0.2) is 11.6 Å². The number of hydrogen-bond acceptors (Lipinski definition) is 8. The van der Waals surface area contributed by atoms with Crippen LogP contribution in [0.25, 0.3) is 5.70 Å². The number of anilines is 1. The van der Waals surface area contributed by atoms with Crippen LogP contribution in [0.2, 0.25) is 0 Å². The third-order valence-electron chi connectivity index (χ3n) is 5.64. The zero-order valence-corrected chi connectivity index (χ0v) is 18.2. The molecule has 32 heavy (non-hydrogen) atoms. The normalized spacial score (nSPS) is 22.4. The highest BCUT2D eigenvalue weighted by molar-refractivity contribution is 6.48. The Hall–Kier alpha value is -3.46. The first-order valence-electron chi connectivity index (χ1n) is 10.6. The fourth-order valence-electron chi connectivity index (χ4n) is 3.80. The van der Waals surface area contributed by atoms with E-state index in [1.165, 1.54) is 12.1 Å². The van der Waals surface area contributed by atoms with E-state index >= 15 is 0 Å². The van der Waals surface area contributed by atoms with E-state index in [9.17, 15) is 4.39 Å². The van der Waals surface area contributed by atoms with Crippen LogP contribution in [-0.2, 0) is 0 Å². The maximum Gasteiger partial charge on any atom is 0.166 e. The summed E-state index contributed by atoms with van der Waals surface area (Å²) in [6, 6.07) is 6.49. The molecule has 4 rings (SSSR count). The molecule has 2 heterocycles. The topological polar surface area (TPSA) is 134 Å². The summed E-state index contributed by atoms with van der Waals surface area (Å²) >= 11 is 0. The Labute approximate surface area is 186 Å². The average molecular weight is 438 g/mol. The van der Waals surface area contributed by atoms with E-state index in [1.807, 2.05) is 6.07 Å². The number of pyridine rings is 1. The van der Waals surface area contributed by atoms with Gasteiger partial charge in [-0.2, -0.15) is 5.10 Å². The Balaban J connectivity index is 1.94. The number of rotatable bonds is 4. The van der Waals surface area contributed by atoms with E-state index in [4.69, 9.17) is 21.6 Å². The number of benzene rings is 1. The number of aromatic nitrogens is 1. The number of hydrazone groups is 1. The second kappa shape index (κ2) is 8.96. The van der Waals surface area contributed by atoms with Crippen molar-refractivity contribution in [2.75, 3.05) is 19.3 Å². The summed E-state index contributed by atoms with van der Waals surface area (Å²) in [5.41, 5.74) is 19.3. The predicted octanol–water partition coefficient (Wildman–Crippen LogP) is 2.71. The monoisotopic (exact) mass is 437 g/mol. The van der Waals surface area contributed by atoms with Crippen LogP contribution in [0.1, 0.15) is 49.0 Å². The molecule has 1 aromatic heterocycles. The van der Waals surface area contributed by atoms with Crippen molar-refractivity contribution in [3.63, 3.8) is 0 Å². The molecule has 2 aromatic rings. The summed E-state index contributed by atoms with van der Waals surface area (Å²) in [5, 5.41) is 16.8. The molecule has 1 saturated carbocycles. The van der Waals surface area contributed by atoms with Crippen molar-refractivity contribution in [3.05, 3.63) is 58.5 Å². The van der Waals surface area contributed by atoms with Crippen LogP contribution >= 0.6 is 0 Å². The van der Waals surface area contributed by atoms with Crippen molar-refractivity contribution < 1.29 is 9.13 Å². The molecule has 1 aromatic carbocycles. The lowest BCUT2D eigenvalue weighted by atomic mass is 9.92. The van der Waals surface area contributed by atoms with Crippen molar-refractivity contribution in [3.8, 4) is 5.75 Å². The summed E-state index contributed by atoms with van der Waals surface area (Å²) < 4.78 is 20.3. The minimum Gasteiger partial charge on any atom is -0.482 e. The summed E-state index contributed by atoms with van der Waals surface area (Å²) in [5.74, 6) is 0.223. The van der Waals surface area contributed by atoms with Crippen molar-refractivity contribution in [2.45, 2.75) is 38.3 Å². The Bertz CT molecular complexity index is 1110. The zero-order chi connectivity index (χ0) is 22.8. The molecule has 2 aliphatic rings. The number of nitrogens with zero attached hydrogens (tertiary/aromatic N) is 2. The molecule has 0 radical (unpaired) electrons. The SMILES string of the molecule is CN/N=C1/C/C(CN)=C(/NC2CC2)c2cnc(N)c(c2)OC(C)c2cc(F)ccc2C1=N. The summed E-state index contributed by atoms with van der Waals surface area (Å²) in [4.78, 5) is 4.33. The van der Waals surface area contributed by atoms with E-state index in [1.54, 1.807) is 26.2 Å². The van der Waals surface area contributed by atoms with Crippen LogP contribution in [0.15, 0.2) is 41.1 Å². The molecule has 7 N–H and O–H groups in total. The van der Waals surface area contributed by atoms with Gasteiger partial charge in [0.25, 0.3) is 0 Å². The molecule has 1 unspecified atom stereocenters. The number of nitrogens with two attached hydrogens (primary N) is 2. The lowest BCUT2D eigenvalue weighted by Crippen LogP contribution is -2.26. The van der Waals surface area contributed by atoms with Gasteiger partial charge in [-0.15, -0.1) is 0 Å². The van der Waals surface area contributed by atoms with Crippen LogP contribution in [-0.4, -0.2) is 36.0 Å².